The summed E-state index contributed by atoms with van der Waals surface area (Å²) in [6, 6.07) is 14.0. The van der Waals surface area contributed by atoms with Crippen molar-refractivity contribution in [3.63, 3.8) is 0 Å². The minimum atomic E-state index is 0.00351. The molecule has 0 aliphatic carbocycles. The number of unbranched alkanes of at least 4 members (excludes halogenated alkanes) is 3. The summed E-state index contributed by atoms with van der Waals surface area (Å²) >= 11 is 2.21. The molecule has 1 amide bonds. The van der Waals surface area contributed by atoms with E-state index in [2.05, 4.69) is 48.2 Å². The molecule has 0 saturated heterocycles. The molecule has 0 aliphatic heterocycles. The Hall–Kier alpha value is -1.62. The van der Waals surface area contributed by atoms with Crippen LogP contribution in [0.2, 0.25) is 0 Å². The maximum absolute atomic E-state index is 12.8. The summed E-state index contributed by atoms with van der Waals surface area (Å²) in [7, 11) is 1.83. The Morgan fingerprint density at radius 1 is 1.16 bits per heavy atom. The predicted molar refractivity (Wildman–Crippen MR) is 116 cm³/mol. The molecule has 2 aromatic rings. The van der Waals surface area contributed by atoms with E-state index in [1.54, 1.807) is 4.90 Å². The van der Waals surface area contributed by atoms with Gasteiger partial charge in [-0.05, 0) is 70.8 Å². The maximum Gasteiger partial charge on any atom is 0.259 e. The van der Waals surface area contributed by atoms with Crippen molar-refractivity contribution in [3.8, 4) is 0 Å². The topological polar surface area (TPSA) is 20.3 Å². The van der Waals surface area contributed by atoms with Gasteiger partial charge >= 0.3 is 0 Å². The number of nitrogens with zero attached hydrogens (tertiary/aromatic N) is 1. The van der Waals surface area contributed by atoms with E-state index in [1.165, 1.54) is 31.2 Å². The highest BCUT2D eigenvalue weighted by Gasteiger charge is 2.17. The van der Waals surface area contributed by atoms with E-state index in [0.717, 1.165) is 26.8 Å². The number of rotatable bonds is 8. The minimum absolute atomic E-state index is 0.00351. The zero-order chi connectivity index (χ0) is 18.2. The van der Waals surface area contributed by atoms with E-state index >= 15 is 0 Å². The summed E-state index contributed by atoms with van der Waals surface area (Å²) in [4.78, 5) is 14.6. The number of amides is 1. The van der Waals surface area contributed by atoms with E-state index in [1.807, 2.05) is 43.5 Å². The van der Waals surface area contributed by atoms with Crippen molar-refractivity contribution in [3.05, 3.63) is 69.3 Å². The van der Waals surface area contributed by atoms with Gasteiger partial charge in [0, 0.05) is 10.6 Å². The molecule has 3 heteroatoms. The summed E-state index contributed by atoms with van der Waals surface area (Å²) in [5.41, 5.74) is 3.95. The van der Waals surface area contributed by atoms with Crippen LogP contribution in [0, 0.1) is 3.57 Å². The zero-order valence-electron chi connectivity index (χ0n) is 15.1. The molecule has 0 aliphatic rings. The summed E-state index contributed by atoms with van der Waals surface area (Å²) in [5.74, 6) is 0.00351. The molecule has 0 aromatic heterocycles. The first-order valence-corrected chi connectivity index (χ1v) is 9.94. The molecular formula is C22H26INO. The van der Waals surface area contributed by atoms with Crippen LogP contribution in [-0.4, -0.2) is 13.0 Å². The molecular weight excluding hydrogens is 421 g/mol. The maximum atomic E-state index is 12.8. The molecule has 0 bridgehead atoms. The molecule has 2 aromatic carbocycles. The molecule has 2 nitrogen and oxygen atoms in total. The molecule has 0 heterocycles. The van der Waals surface area contributed by atoms with Gasteiger partial charge in [-0.15, -0.1) is 0 Å². The number of benzene rings is 2. The molecule has 132 valence electrons. The van der Waals surface area contributed by atoms with Gasteiger partial charge in [0.25, 0.3) is 5.91 Å². The second-order valence-corrected chi connectivity index (χ2v) is 7.41. The van der Waals surface area contributed by atoms with E-state index in [4.69, 9.17) is 0 Å². The van der Waals surface area contributed by atoms with Crippen LogP contribution in [0.25, 0.3) is 6.08 Å². The lowest BCUT2D eigenvalue weighted by Crippen LogP contribution is -2.27. The molecule has 25 heavy (non-hydrogen) atoms. The van der Waals surface area contributed by atoms with Crippen molar-refractivity contribution in [2.45, 2.75) is 39.0 Å². The van der Waals surface area contributed by atoms with Crippen molar-refractivity contribution in [1.82, 2.24) is 0 Å². The normalized spacial score (nSPS) is 10.5. The second kappa shape index (κ2) is 9.76. The van der Waals surface area contributed by atoms with Gasteiger partial charge in [0.1, 0.15) is 0 Å². The number of aryl methyl sites for hydroxylation is 1. The quantitative estimate of drug-likeness (QED) is 0.342. The fraction of sp³-hybridized carbons (Fsp3) is 0.318. The van der Waals surface area contributed by atoms with E-state index in [-0.39, 0.29) is 5.91 Å². The van der Waals surface area contributed by atoms with Crippen LogP contribution in [0.4, 0.5) is 5.69 Å². The molecule has 0 fully saturated rings. The van der Waals surface area contributed by atoms with Crippen molar-refractivity contribution < 1.29 is 4.79 Å². The summed E-state index contributed by atoms with van der Waals surface area (Å²) in [5, 5.41) is 0. The molecule has 2 rings (SSSR count). The first-order valence-electron chi connectivity index (χ1n) is 8.86. The number of carbonyl (C=O) groups excluding carboxylic acids is 1. The van der Waals surface area contributed by atoms with Gasteiger partial charge in [0.2, 0.25) is 0 Å². The van der Waals surface area contributed by atoms with E-state index in [0.29, 0.717) is 0 Å². The van der Waals surface area contributed by atoms with Gasteiger partial charge in [-0.25, -0.2) is 0 Å². The van der Waals surface area contributed by atoms with Gasteiger partial charge in [-0.1, -0.05) is 57.0 Å². The summed E-state index contributed by atoms with van der Waals surface area (Å²) < 4.78 is 0.963. The van der Waals surface area contributed by atoms with Crippen molar-refractivity contribution >= 4 is 40.3 Å². The first kappa shape index (κ1) is 19.7. The van der Waals surface area contributed by atoms with Crippen molar-refractivity contribution in [2.75, 3.05) is 11.9 Å². The Bertz CT molecular complexity index is 739. The van der Waals surface area contributed by atoms with Gasteiger partial charge in [-0.2, -0.15) is 0 Å². The smallest absolute Gasteiger partial charge is 0.259 e. The molecule has 0 unspecified atom stereocenters. The van der Waals surface area contributed by atoms with Crippen LogP contribution in [-0.2, 0) is 6.42 Å². The first-order chi connectivity index (χ1) is 12.1. The van der Waals surface area contributed by atoms with Crippen LogP contribution in [0.5, 0.6) is 0 Å². The Morgan fingerprint density at radius 2 is 1.92 bits per heavy atom. The van der Waals surface area contributed by atoms with Crippen LogP contribution < -0.4 is 4.90 Å². The highest BCUT2D eigenvalue weighted by molar-refractivity contribution is 14.1. The molecule has 0 saturated carbocycles. The van der Waals surface area contributed by atoms with E-state index in [9.17, 15) is 4.79 Å². The lowest BCUT2D eigenvalue weighted by atomic mass is 10.0. The molecule has 0 N–H and O–H groups in total. The minimum Gasteiger partial charge on any atom is -0.311 e. The number of halogens is 1. The number of hydrogen-bond donors (Lipinski definition) is 0. The van der Waals surface area contributed by atoms with Crippen molar-refractivity contribution in [1.29, 1.82) is 0 Å². The van der Waals surface area contributed by atoms with Crippen LogP contribution >= 0.6 is 22.6 Å². The Labute approximate surface area is 165 Å². The van der Waals surface area contributed by atoms with Gasteiger partial charge < -0.3 is 4.90 Å². The largest absolute Gasteiger partial charge is 0.311 e. The fourth-order valence-electron chi connectivity index (χ4n) is 2.91. The highest BCUT2D eigenvalue weighted by atomic mass is 127. The number of carbonyl (C=O) groups is 1. The van der Waals surface area contributed by atoms with Crippen LogP contribution in [0.15, 0.2) is 49.0 Å². The lowest BCUT2D eigenvalue weighted by Gasteiger charge is -2.21. The third-order valence-corrected chi connectivity index (χ3v) is 5.34. The Morgan fingerprint density at radius 3 is 2.60 bits per heavy atom. The number of anilines is 1. The summed E-state index contributed by atoms with van der Waals surface area (Å²) in [6.07, 6.45) is 7.94. The molecule has 0 atom stereocenters. The zero-order valence-corrected chi connectivity index (χ0v) is 17.3. The van der Waals surface area contributed by atoms with Crippen molar-refractivity contribution in [2.24, 2.45) is 0 Å². The fourth-order valence-corrected chi connectivity index (χ4v) is 3.53. The number of hydrogen-bond acceptors (Lipinski definition) is 1. The van der Waals surface area contributed by atoms with Gasteiger partial charge in [0.05, 0.1) is 11.3 Å². The standard InChI is InChI=1S/C22H26INO/c1-4-6-7-8-11-17-14-15-21(18(5-2)16-17)24(3)22(25)19-12-9-10-13-20(19)23/h5,9-10,12-16H,2,4,6-8,11H2,1,3H3. The third-order valence-electron chi connectivity index (χ3n) is 4.40. The average Bonchev–Trinajstić information content (AvgIpc) is 2.64. The molecule has 0 radical (unpaired) electrons. The molecule has 0 spiro atoms. The van der Waals surface area contributed by atoms with E-state index < -0.39 is 0 Å². The van der Waals surface area contributed by atoms with Gasteiger partial charge in [-0.3, -0.25) is 4.79 Å². The summed E-state index contributed by atoms with van der Waals surface area (Å²) in [6.45, 7) is 6.16. The van der Waals surface area contributed by atoms with Crippen LogP contribution in [0.3, 0.4) is 0 Å². The Kier molecular flexibility index (Phi) is 7.69. The Balaban J connectivity index is 2.19. The SMILES string of the molecule is C=Cc1cc(CCCCCC)ccc1N(C)C(=O)c1ccccc1I. The predicted octanol–water partition coefficient (Wildman–Crippen LogP) is 6.33. The highest BCUT2D eigenvalue weighted by Crippen LogP contribution is 2.25. The monoisotopic (exact) mass is 447 g/mol. The second-order valence-electron chi connectivity index (χ2n) is 6.25. The third kappa shape index (κ3) is 5.18. The van der Waals surface area contributed by atoms with Gasteiger partial charge in [0.15, 0.2) is 0 Å². The average molecular weight is 447 g/mol. The lowest BCUT2D eigenvalue weighted by molar-refractivity contribution is 0.0992. The van der Waals surface area contributed by atoms with Crippen LogP contribution in [0.1, 0.15) is 54.1 Å².